The summed E-state index contributed by atoms with van der Waals surface area (Å²) in [7, 11) is 0. The van der Waals surface area contributed by atoms with Crippen molar-refractivity contribution in [1.82, 2.24) is 9.88 Å². The molecule has 1 aromatic carbocycles. The molecule has 0 atom stereocenters. The first-order valence-electron chi connectivity index (χ1n) is 8.65. The third-order valence-electron chi connectivity index (χ3n) is 4.32. The summed E-state index contributed by atoms with van der Waals surface area (Å²) < 4.78 is 5.08. The second kappa shape index (κ2) is 8.00. The summed E-state index contributed by atoms with van der Waals surface area (Å²) in [4.78, 5) is 31.8. The minimum Gasteiger partial charge on any atom is -0.459 e. The molecule has 3 heterocycles. The molecule has 0 aliphatic carbocycles. The second-order valence-corrected chi connectivity index (χ2v) is 7.68. The van der Waals surface area contributed by atoms with Crippen LogP contribution in [0.5, 0.6) is 0 Å². The van der Waals surface area contributed by atoms with Crippen LogP contribution in [0, 0.1) is 0 Å². The number of fused-ring (bicyclic) bond motifs is 1. The fourth-order valence-corrected chi connectivity index (χ4v) is 4.10. The van der Waals surface area contributed by atoms with Crippen LogP contribution < -0.4 is 5.32 Å². The molecule has 1 N–H and O–H groups in total. The molecule has 28 heavy (non-hydrogen) atoms. The molecule has 2 aromatic heterocycles. The molecule has 0 spiro atoms. The van der Waals surface area contributed by atoms with Gasteiger partial charge in [0.2, 0.25) is 5.91 Å². The van der Waals surface area contributed by atoms with E-state index in [1.54, 1.807) is 29.2 Å². The maximum atomic E-state index is 12.5. The first kappa shape index (κ1) is 18.5. The van der Waals surface area contributed by atoms with Crippen LogP contribution in [0.2, 0.25) is 5.02 Å². The van der Waals surface area contributed by atoms with Gasteiger partial charge in [0.15, 0.2) is 10.9 Å². The number of carbonyl (C=O) groups is 2. The molecule has 142 valence electrons. The van der Waals surface area contributed by atoms with E-state index < -0.39 is 0 Å². The number of anilines is 1. The van der Waals surface area contributed by atoms with Gasteiger partial charge in [-0.15, -0.1) is 0 Å². The fourth-order valence-electron chi connectivity index (χ4n) is 2.88. The molecule has 0 fully saturated rings. The van der Waals surface area contributed by atoms with Gasteiger partial charge in [0.25, 0.3) is 5.91 Å². The van der Waals surface area contributed by atoms with E-state index in [0.29, 0.717) is 29.7 Å². The van der Waals surface area contributed by atoms with E-state index in [1.165, 1.54) is 23.7 Å². The van der Waals surface area contributed by atoms with Gasteiger partial charge in [-0.25, -0.2) is 4.98 Å². The van der Waals surface area contributed by atoms with E-state index in [0.717, 1.165) is 16.1 Å². The molecule has 1 aliphatic rings. The van der Waals surface area contributed by atoms with E-state index in [2.05, 4.69) is 10.3 Å². The van der Waals surface area contributed by atoms with Crippen molar-refractivity contribution < 1.29 is 14.0 Å². The SMILES string of the molecule is O=C(Nc1nc2c(s1)CN(C(=O)/C=C/c1ccccc1Cl)CC2)c1ccco1. The number of furan rings is 1. The van der Waals surface area contributed by atoms with Crippen molar-refractivity contribution in [3.63, 3.8) is 0 Å². The molecule has 0 saturated carbocycles. The van der Waals surface area contributed by atoms with Crippen LogP contribution in [0.1, 0.15) is 26.7 Å². The Labute approximate surface area is 170 Å². The summed E-state index contributed by atoms with van der Waals surface area (Å²) in [6.07, 6.45) is 5.35. The van der Waals surface area contributed by atoms with Gasteiger partial charge in [0.1, 0.15) is 0 Å². The van der Waals surface area contributed by atoms with Crippen molar-refractivity contribution >= 4 is 46.0 Å². The van der Waals surface area contributed by atoms with Crippen LogP contribution >= 0.6 is 22.9 Å². The minimum absolute atomic E-state index is 0.0832. The number of benzene rings is 1. The lowest BCUT2D eigenvalue weighted by molar-refractivity contribution is -0.126. The van der Waals surface area contributed by atoms with Crippen molar-refractivity contribution in [2.24, 2.45) is 0 Å². The second-order valence-electron chi connectivity index (χ2n) is 6.18. The van der Waals surface area contributed by atoms with Crippen LogP contribution in [0.15, 0.2) is 53.2 Å². The van der Waals surface area contributed by atoms with Crippen molar-refractivity contribution in [2.45, 2.75) is 13.0 Å². The molecule has 0 unspecified atom stereocenters. The lowest BCUT2D eigenvalue weighted by Gasteiger charge is -2.24. The Morgan fingerprint density at radius 2 is 2.11 bits per heavy atom. The lowest BCUT2D eigenvalue weighted by Crippen LogP contribution is -2.34. The Morgan fingerprint density at radius 1 is 1.25 bits per heavy atom. The number of carbonyl (C=O) groups excluding carboxylic acids is 2. The van der Waals surface area contributed by atoms with Crippen LogP contribution in [0.4, 0.5) is 5.13 Å². The van der Waals surface area contributed by atoms with Gasteiger partial charge >= 0.3 is 0 Å². The molecular formula is C20H16ClN3O3S. The van der Waals surface area contributed by atoms with Crippen LogP contribution in [0.3, 0.4) is 0 Å². The topological polar surface area (TPSA) is 75.4 Å². The van der Waals surface area contributed by atoms with E-state index in [1.807, 2.05) is 18.2 Å². The predicted molar refractivity (Wildman–Crippen MR) is 108 cm³/mol. The maximum Gasteiger partial charge on any atom is 0.293 e. The summed E-state index contributed by atoms with van der Waals surface area (Å²) in [5, 5.41) is 3.85. The van der Waals surface area contributed by atoms with Gasteiger partial charge in [0, 0.05) is 28.9 Å². The molecular weight excluding hydrogens is 398 g/mol. The summed E-state index contributed by atoms with van der Waals surface area (Å²) in [6, 6.07) is 10.6. The van der Waals surface area contributed by atoms with E-state index in [-0.39, 0.29) is 17.6 Å². The quantitative estimate of drug-likeness (QED) is 0.649. The molecule has 0 saturated heterocycles. The van der Waals surface area contributed by atoms with Crippen LogP contribution in [-0.2, 0) is 17.8 Å². The number of nitrogens with zero attached hydrogens (tertiary/aromatic N) is 2. The number of halogens is 1. The number of hydrogen-bond donors (Lipinski definition) is 1. The third kappa shape index (κ3) is 4.00. The van der Waals surface area contributed by atoms with Gasteiger partial charge in [-0.05, 0) is 29.8 Å². The highest BCUT2D eigenvalue weighted by Crippen LogP contribution is 2.29. The zero-order valence-electron chi connectivity index (χ0n) is 14.7. The zero-order chi connectivity index (χ0) is 19.5. The zero-order valence-corrected chi connectivity index (χ0v) is 16.3. The molecule has 4 rings (SSSR count). The first-order valence-corrected chi connectivity index (χ1v) is 9.84. The maximum absolute atomic E-state index is 12.5. The van der Waals surface area contributed by atoms with E-state index in [9.17, 15) is 9.59 Å². The monoisotopic (exact) mass is 413 g/mol. The molecule has 1 aliphatic heterocycles. The molecule has 3 aromatic rings. The number of hydrogen-bond acceptors (Lipinski definition) is 5. The summed E-state index contributed by atoms with van der Waals surface area (Å²) in [5.41, 5.74) is 1.72. The number of nitrogens with one attached hydrogen (secondary N) is 1. The van der Waals surface area contributed by atoms with Gasteiger partial charge < -0.3 is 9.32 Å². The third-order valence-corrected chi connectivity index (χ3v) is 5.66. The average Bonchev–Trinajstić information content (AvgIpc) is 3.36. The normalized spacial score (nSPS) is 13.5. The molecule has 0 radical (unpaired) electrons. The molecule has 6 nitrogen and oxygen atoms in total. The number of thiazole rings is 1. The van der Waals surface area contributed by atoms with Gasteiger partial charge in [-0.2, -0.15) is 0 Å². The number of rotatable bonds is 4. The Bertz CT molecular complexity index is 1040. The Kier molecular flexibility index (Phi) is 5.27. The van der Waals surface area contributed by atoms with Crippen molar-refractivity contribution in [3.05, 3.63) is 75.7 Å². The summed E-state index contributed by atoms with van der Waals surface area (Å²) >= 11 is 7.49. The highest BCUT2D eigenvalue weighted by molar-refractivity contribution is 7.15. The summed E-state index contributed by atoms with van der Waals surface area (Å²) in [5.74, 6) is -0.193. The average molecular weight is 414 g/mol. The number of aromatic nitrogens is 1. The van der Waals surface area contributed by atoms with E-state index in [4.69, 9.17) is 16.0 Å². The van der Waals surface area contributed by atoms with E-state index >= 15 is 0 Å². The highest BCUT2D eigenvalue weighted by atomic mass is 35.5. The molecule has 0 bridgehead atoms. The molecule has 8 heteroatoms. The smallest absolute Gasteiger partial charge is 0.293 e. The summed E-state index contributed by atoms with van der Waals surface area (Å²) in [6.45, 7) is 1.04. The lowest BCUT2D eigenvalue weighted by atomic mass is 10.1. The highest BCUT2D eigenvalue weighted by Gasteiger charge is 2.24. The Balaban J connectivity index is 1.42. The van der Waals surface area contributed by atoms with Gasteiger partial charge in [-0.1, -0.05) is 41.1 Å². The minimum atomic E-state index is -0.341. The largest absolute Gasteiger partial charge is 0.459 e. The Hall–Kier alpha value is -2.90. The van der Waals surface area contributed by atoms with Crippen LogP contribution in [-0.4, -0.2) is 28.2 Å². The predicted octanol–water partition coefficient (Wildman–Crippen LogP) is 4.24. The van der Waals surface area contributed by atoms with Crippen LogP contribution in [0.25, 0.3) is 6.08 Å². The van der Waals surface area contributed by atoms with Crippen molar-refractivity contribution in [3.8, 4) is 0 Å². The van der Waals surface area contributed by atoms with Crippen molar-refractivity contribution in [1.29, 1.82) is 0 Å². The van der Waals surface area contributed by atoms with Gasteiger partial charge in [0.05, 0.1) is 18.5 Å². The van der Waals surface area contributed by atoms with Crippen molar-refractivity contribution in [2.75, 3.05) is 11.9 Å². The number of amides is 2. The Morgan fingerprint density at radius 3 is 2.89 bits per heavy atom. The fraction of sp³-hybridized carbons (Fsp3) is 0.150. The first-order chi connectivity index (χ1) is 13.6. The standard InChI is InChI=1S/C20H16ClN3O3S/c21-14-5-2-1-4-13(14)7-8-18(25)24-10-9-15-17(12-24)28-20(22-15)23-19(26)16-6-3-11-27-16/h1-8,11H,9-10,12H2,(H,22,23,26)/b8-7+. The van der Waals surface area contributed by atoms with Gasteiger partial charge in [-0.3, -0.25) is 14.9 Å². The molecule has 2 amide bonds.